The molecule has 0 aliphatic rings. The first-order valence-electron chi connectivity index (χ1n) is 7.35. The van der Waals surface area contributed by atoms with Crippen molar-refractivity contribution in [2.24, 2.45) is 7.05 Å². The standard InChI is InChI=1S/C17H24BrN3/c1-6-19-15(16-14(18)11-20-21(16)5)12-7-9-13(10-8-12)17(2,3)4/h7-11,15,19H,6H2,1-5H3. The van der Waals surface area contributed by atoms with Gasteiger partial charge in [0.15, 0.2) is 0 Å². The number of hydrogen-bond acceptors (Lipinski definition) is 2. The molecule has 1 heterocycles. The summed E-state index contributed by atoms with van der Waals surface area (Å²) in [5.41, 5.74) is 3.94. The summed E-state index contributed by atoms with van der Waals surface area (Å²) in [6, 6.07) is 9.03. The molecule has 0 amide bonds. The van der Waals surface area contributed by atoms with Gasteiger partial charge in [-0.25, -0.2) is 0 Å². The van der Waals surface area contributed by atoms with Crippen LogP contribution in [0.5, 0.6) is 0 Å². The fourth-order valence-electron chi connectivity index (χ4n) is 2.50. The highest BCUT2D eigenvalue weighted by molar-refractivity contribution is 9.10. The van der Waals surface area contributed by atoms with Crippen LogP contribution in [0.1, 0.15) is 50.6 Å². The monoisotopic (exact) mass is 349 g/mol. The molecule has 21 heavy (non-hydrogen) atoms. The lowest BCUT2D eigenvalue weighted by Gasteiger charge is -2.22. The lowest BCUT2D eigenvalue weighted by atomic mass is 9.86. The van der Waals surface area contributed by atoms with Crippen molar-refractivity contribution in [1.29, 1.82) is 0 Å². The second-order valence-corrected chi connectivity index (χ2v) is 7.22. The third-order valence-electron chi connectivity index (χ3n) is 3.73. The van der Waals surface area contributed by atoms with E-state index in [9.17, 15) is 0 Å². The fourth-order valence-corrected chi connectivity index (χ4v) is 3.07. The Hall–Kier alpha value is -1.13. The van der Waals surface area contributed by atoms with Crippen LogP contribution >= 0.6 is 15.9 Å². The molecule has 0 aliphatic carbocycles. The van der Waals surface area contributed by atoms with E-state index in [0.29, 0.717) is 0 Å². The predicted octanol–water partition coefficient (Wildman–Crippen LogP) is 4.18. The minimum atomic E-state index is 0.144. The van der Waals surface area contributed by atoms with Crippen molar-refractivity contribution in [2.45, 2.75) is 39.2 Å². The van der Waals surface area contributed by atoms with Crippen molar-refractivity contribution in [3.8, 4) is 0 Å². The first-order chi connectivity index (χ1) is 9.84. The highest BCUT2D eigenvalue weighted by Gasteiger charge is 2.21. The summed E-state index contributed by atoms with van der Waals surface area (Å²) in [5, 5.41) is 7.88. The third kappa shape index (κ3) is 3.55. The number of aromatic nitrogens is 2. The van der Waals surface area contributed by atoms with E-state index < -0.39 is 0 Å². The van der Waals surface area contributed by atoms with E-state index in [0.717, 1.165) is 16.7 Å². The number of benzene rings is 1. The zero-order chi connectivity index (χ0) is 15.6. The Balaban J connectivity index is 2.40. The highest BCUT2D eigenvalue weighted by atomic mass is 79.9. The summed E-state index contributed by atoms with van der Waals surface area (Å²) < 4.78 is 2.96. The molecular weight excluding hydrogens is 326 g/mol. The lowest BCUT2D eigenvalue weighted by molar-refractivity contribution is 0.567. The Morgan fingerprint density at radius 1 is 1.24 bits per heavy atom. The quantitative estimate of drug-likeness (QED) is 0.897. The molecule has 4 heteroatoms. The van der Waals surface area contributed by atoms with Crippen LogP contribution in [0.2, 0.25) is 0 Å². The van der Waals surface area contributed by atoms with Crippen molar-refractivity contribution in [2.75, 3.05) is 6.54 Å². The number of hydrogen-bond donors (Lipinski definition) is 1. The van der Waals surface area contributed by atoms with Crippen molar-refractivity contribution in [3.63, 3.8) is 0 Å². The zero-order valence-electron chi connectivity index (χ0n) is 13.4. The molecule has 1 aromatic heterocycles. The second-order valence-electron chi connectivity index (χ2n) is 6.36. The predicted molar refractivity (Wildman–Crippen MR) is 91.6 cm³/mol. The van der Waals surface area contributed by atoms with E-state index in [1.165, 1.54) is 11.1 Å². The van der Waals surface area contributed by atoms with Crippen LogP contribution in [0.4, 0.5) is 0 Å². The number of halogens is 1. The summed E-state index contributed by atoms with van der Waals surface area (Å²) in [4.78, 5) is 0. The molecule has 0 fully saturated rings. The molecule has 3 nitrogen and oxygen atoms in total. The van der Waals surface area contributed by atoms with Crippen LogP contribution in [0.25, 0.3) is 0 Å². The van der Waals surface area contributed by atoms with Gasteiger partial charge >= 0.3 is 0 Å². The highest BCUT2D eigenvalue weighted by Crippen LogP contribution is 2.30. The minimum absolute atomic E-state index is 0.144. The van der Waals surface area contributed by atoms with E-state index in [1.54, 1.807) is 0 Å². The van der Waals surface area contributed by atoms with E-state index in [2.05, 4.69) is 78.3 Å². The summed E-state index contributed by atoms with van der Waals surface area (Å²) in [5.74, 6) is 0. The molecule has 1 unspecified atom stereocenters. The van der Waals surface area contributed by atoms with Gasteiger partial charge in [0.05, 0.1) is 22.4 Å². The minimum Gasteiger partial charge on any atom is -0.305 e. The zero-order valence-corrected chi connectivity index (χ0v) is 15.0. The number of rotatable bonds is 4. The first kappa shape index (κ1) is 16.2. The summed E-state index contributed by atoms with van der Waals surface area (Å²) in [6.45, 7) is 9.74. The van der Waals surface area contributed by atoms with Crippen LogP contribution in [-0.2, 0) is 12.5 Å². The van der Waals surface area contributed by atoms with Gasteiger partial charge in [-0.15, -0.1) is 0 Å². The van der Waals surface area contributed by atoms with Crippen LogP contribution in [0, 0.1) is 0 Å². The maximum Gasteiger partial charge on any atom is 0.0759 e. The Bertz CT molecular complexity index is 574. The van der Waals surface area contributed by atoms with Gasteiger partial charge in [-0.1, -0.05) is 52.0 Å². The molecule has 0 saturated carbocycles. The summed E-state index contributed by atoms with van der Waals surface area (Å²) >= 11 is 3.61. The molecular formula is C17H24BrN3. The van der Waals surface area contributed by atoms with Gasteiger partial charge in [-0.3, -0.25) is 4.68 Å². The maximum atomic E-state index is 4.33. The van der Waals surface area contributed by atoms with E-state index in [-0.39, 0.29) is 11.5 Å². The molecule has 0 bridgehead atoms. The van der Waals surface area contributed by atoms with E-state index in [1.807, 2.05) is 17.9 Å². The van der Waals surface area contributed by atoms with Gasteiger partial charge in [-0.2, -0.15) is 5.10 Å². The van der Waals surface area contributed by atoms with Gasteiger partial charge in [0, 0.05) is 7.05 Å². The van der Waals surface area contributed by atoms with Gasteiger partial charge in [-0.05, 0) is 39.0 Å². The topological polar surface area (TPSA) is 29.9 Å². The second kappa shape index (κ2) is 6.32. The van der Waals surface area contributed by atoms with Crippen LogP contribution < -0.4 is 5.32 Å². The van der Waals surface area contributed by atoms with Crippen molar-refractivity contribution in [3.05, 3.63) is 51.8 Å². The molecule has 2 aromatic rings. The molecule has 1 atom stereocenters. The molecule has 114 valence electrons. The number of nitrogens with one attached hydrogen (secondary N) is 1. The van der Waals surface area contributed by atoms with Crippen LogP contribution in [-0.4, -0.2) is 16.3 Å². The third-order valence-corrected chi connectivity index (χ3v) is 4.34. The van der Waals surface area contributed by atoms with Gasteiger partial charge < -0.3 is 5.32 Å². The summed E-state index contributed by atoms with van der Waals surface area (Å²) in [6.07, 6.45) is 1.85. The maximum absolute atomic E-state index is 4.33. The fraction of sp³-hybridized carbons (Fsp3) is 0.471. The van der Waals surface area contributed by atoms with E-state index >= 15 is 0 Å². The largest absolute Gasteiger partial charge is 0.305 e. The molecule has 0 saturated heterocycles. The summed E-state index contributed by atoms with van der Waals surface area (Å²) in [7, 11) is 1.98. The smallest absolute Gasteiger partial charge is 0.0759 e. The van der Waals surface area contributed by atoms with Gasteiger partial charge in [0.25, 0.3) is 0 Å². The van der Waals surface area contributed by atoms with Crippen molar-refractivity contribution >= 4 is 15.9 Å². The van der Waals surface area contributed by atoms with Gasteiger partial charge in [0.2, 0.25) is 0 Å². The normalized spacial score (nSPS) is 13.4. The van der Waals surface area contributed by atoms with Crippen LogP contribution in [0.3, 0.4) is 0 Å². The Morgan fingerprint density at radius 2 is 1.86 bits per heavy atom. The lowest BCUT2D eigenvalue weighted by Crippen LogP contribution is -2.24. The average molecular weight is 350 g/mol. The molecule has 1 N–H and O–H groups in total. The Kier molecular flexibility index (Phi) is 4.89. The number of nitrogens with zero attached hydrogens (tertiary/aromatic N) is 2. The first-order valence-corrected chi connectivity index (χ1v) is 8.15. The molecule has 1 aromatic carbocycles. The van der Waals surface area contributed by atoms with Crippen molar-refractivity contribution < 1.29 is 0 Å². The molecule has 0 spiro atoms. The number of aryl methyl sites for hydroxylation is 1. The molecule has 2 rings (SSSR count). The van der Waals surface area contributed by atoms with Crippen molar-refractivity contribution in [1.82, 2.24) is 15.1 Å². The van der Waals surface area contributed by atoms with E-state index in [4.69, 9.17) is 0 Å². The Morgan fingerprint density at radius 3 is 2.29 bits per heavy atom. The SMILES string of the molecule is CCNC(c1ccc(C(C)(C)C)cc1)c1c(Br)cnn1C. The molecule has 0 aliphatic heterocycles. The Labute approximate surface area is 135 Å². The molecule has 0 radical (unpaired) electrons. The van der Waals surface area contributed by atoms with Crippen LogP contribution in [0.15, 0.2) is 34.9 Å². The average Bonchev–Trinajstić information content (AvgIpc) is 2.75. The van der Waals surface area contributed by atoms with Gasteiger partial charge in [0.1, 0.15) is 0 Å².